The van der Waals surface area contributed by atoms with Crippen LogP contribution in [0.2, 0.25) is 5.02 Å². The highest BCUT2D eigenvalue weighted by atomic mass is 35.5. The Bertz CT molecular complexity index is 511. The zero-order valence-corrected chi connectivity index (χ0v) is 9.91. The van der Waals surface area contributed by atoms with Gasteiger partial charge in [-0.2, -0.15) is 5.21 Å². The minimum Gasteiger partial charge on any atom is -0.303 e. The highest BCUT2D eigenvalue weighted by Crippen LogP contribution is 2.32. The van der Waals surface area contributed by atoms with E-state index in [-0.39, 0.29) is 0 Å². The van der Waals surface area contributed by atoms with Gasteiger partial charge in [0.2, 0.25) is 0 Å². The number of H-pyrrole nitrogens is 1. The SMILES string of the molecule is Clc1ccc2c(c1)CCC2NCc1nn[nH]n1. The van der Waals surface area contributed by atoms with Gasteiger partial charge in [0.15, 0.2) is 5.82 Å². The van der Waals surface area contributed by atoms with Crippen LogP contribution in [0.25, 0.3) is 0 Å². The maximum absolute atomic E-state index is 5.98. The van der Waals surface area contributed by atoms with E-state index in [1.807, 2.05) is 12.1 Å². The molecule has 88 valence electrons. The van der Waals surface area contributed by atoms with E-state index in [2.05, 4.69) is 32.0 Å². The quantitative estimate of drug-likeness (QED) is 0.868. The summed E-state index contributed by atoms with van der Waals surface area (Å²) in [6.07, 6.45) is 2.16. The van der Waals surface area contributed by atoms with Crippen molar-refractivity contribution in [1.82, 2.24) is 25.9 Å². The van der Waals surface area contributed by atoms with Crippen molar-refractivity contribution in [2.45, 2.75) is 25.4 Å². The summed E-state index contributed by atoms with van der Waals surface area (Å²) in [6, 6.07) is 6.45. The molecule has 1 heterocycles. The summed E-state index contributed by atoms with van der Waals surface area (Å²) in [6.45, 7) is 0.628. The Balaban J connectivity index is 1.71. The van der Waals surface area contributed by atoms with Crippen molar-refractivity contribution in [3.05, 3.63) is 40.2 Å². The summed E-state index contributed by atoms with van der Waals surface area (Å²) in [5.74, 6) is 0.687. The zero-order chi connectivity index (χ0) is 11.7. The summed E-state index contributed by atoms with van der Waals surface area (Å²) in [7, 11) is 0. The molecule has 5 nitrogen and oxygen atoms in total. The molecule has 1 aromatic carbocycles. The Kier molecular flexibility index (Phi) is 2.78. The summed E-state index contributed by atoms with van der Waals surface area (Å²) in [5, 5.41) is 18.0. The zero-order valence-electron chi connectivity index (χ0n) is 9.15. The number of benzene rings is 1. The number of hydrogen-bond donors (Lipinski definition) is 2. The Morgan fingerprint density at radius 3 is 3.24 bits per heavy atom. The third-order valence-electron chi connectivity index (χ3n) is 3.08. The van der Waals surface area contributed by atoms with E-state index >= 15 is 0 Å². The highest BCUT2D eigenvalue weighted by Gasteiger charge is 2.22. The first kappa shape index (κ1) is 10.7. The Morgan fingerprint density at radius 2 is 2.41 bits per heavy atom. The molecule has 6 heteroatoms. The number of rotatable bonds is 3. The van der Waals surface area contributed by atoms with E-state index in [1.165, 1.54) is 11.1 Å². The second-order valence-corrected chi connectivity index (χ2v) is 4.58. The molecule has 1 aromatic heterocycles. The number of aromatic amines is 1. The number of nitrogens with zero attached hydrogens (tertiary/aromatic N) is 3. The largest absolute Gasteiger partial charge is 0.303 e. The van der Waals surface area contributed by atoms with Gasteiger partial charge in [0.05, 0.1) is 6.54 Å². The molecule has 0 aliphatic heterocycles. The van der Waals surface area contributed by atoms with E-state index in [4.69, 9.17) is 11.6 Å². The van der Waals surface area contributed by atoms with Gasteiger partial charge in [-0.3, -0.25) is 0 Å². The Morgan fingerprint density at radius 1 is 1.47 bits per heavy atom. The fourth-order valence-electron chi connectivity index (χ4n) is 2.27. The Hall–Kier alpha value is -1.46. The topological polar surface area (TPSA) is 66.5 Å². The number of nitrogens with one attached hydrogen (secondary N) is 2. The van der Waals surface area contributed by atoms with Gasteiger partial charge in [-0.05, 0) is 36.1 Å². The third kappa shape index (κ3) is 2.16. The van der Waals surface area contributed by atoms with Crippen molar-refractivity contribution in [2.75, 3.05) is 0 Å². The summed E-state index contributed by atoms with van der Waals surface area (Å²) >= 11 is 5.98. The van der Waals surface area contributed by atoms with Gasteiger partial charge in [-0.15, -0.1) is 10.2 Å². The van der Waals surface area contributed by atoms with Crippen LogP contribution in [-0.4, -0.2) is 20.6 Å². The van der Waals surface area contributed by atoms with Gasteiger partial charge < -0.3 is 5.32 Å². The standard InChI is InChI=1S/C11H12ClN5/c12-8-2-3-9-7(5-8)1-4-10(9)13-6-11-14-16-17-15-11/h2-3,5,10,13H,1,4,6H2,(H,14,15,16,17). The molecule has 1 aliphatic carbocycles. The Labute approximate surface area is 104 Å². The number of aryl methyl sites for hydroxylation is 1. The van der Waals surface area contributed by atoms with Crippen LogP contribution >= 0.6 is 11.6 Å². The molecule has 1 atom stereocenters. The first-order chi connectivity index (χ1) is 8.33. The molecule has 1 aliphatic rings. The molecular formula is C11H12ClN5. The number of aromatic nitrogens is 4. The van der Waals surface area contributed by atoms with Crippen LogP contribution in [0.3, 0.4) is 0 Å². The van der Waals surface area contributed by atoms with E-state index in [1.54, 1.807) is 0 Å². The van der Waals surface area contributed by atoms with Gasteiger partial charge in [-0.1, -0.05) is 22.9 Å². The minimum atomic E-state index is 0.362. The fraction of sp³-hybridized carbons (Fsp3) is 0.364. The van der Waals surface area contributed by atoms with Gasteiger partial charge in [0, 0.05) is 11.1 Å². The molecule has 0 spiro atoms. The van der Waals surface area contributed by atoms with E-state index in [0.717, 1.165) is 17.9 Å². The second kappa shape index (κ2) is 4.43. The number of tetrazole rings is 1. The first-order valence-corrected chi connectivity index (χ1v) is 5.95. The lowest BCUT2D eigenvalue weighted by atomic mass is 10.1. The molecule has 0 saturated carbocycles. The van der Waals surface area contributed by atoms with Crippen molar-refractivity contribution in [3.8, 4) is 0 Å². The molecule has 3 rings (SSSR count). The van der Waals surface area contributed by atoms with Crippen LogP contribution in [0.1, 0.15) is 29.4 Å². The van der Waals surface area contributed by atoms with E-state index < -0.39 is 0 Å². The predicted molar refractivity (Wildman–Crippen MR) is 63.5 cm³/mol. The van der Waals surface area contributed by atoms with Gasteiger partial charge in [0.1, 0.15) is 0 Å². The van der Waals surface area contributed by atoms with Gasteiger partial charge in [-0.25, -0.2) is 0 Å². The molecule has 0 bridgehead atoms. The lowest BCUT2D eigenvalue weighted by Crippen LogP contribution is -2.19. The van der Waals surface area contributed by atoms with Crippen molar-refractivity contribution in [1.29, 1.82) is 0 Å². The molecule has 0 radical (unpaired) electrons. The predicted octanol–water partition coefficient (Wildman–Crippen LogP) is 1.63. The highest BCUT2D eigenvalue weighted by molar-refractivity contribution is 6.30. The summed E-state index contributed by atoms with van der Waals surface area (Å²) < 4.78 is 0. The minimum absolute atomic E-state index is 0.362. The monoisotopic (exact) mass is 249 g/mol. The third-order valence-corrected chi connectivity index (χ3v) is 3.31. The lowest BCUT2D eigenvalue weighted by Gasteiger charge is -2.12. The smallest absolute Gasteiger partial charge is 0.188 e. The molecule has 2 N–H and O–H groups in total. The summed E-state index contributed by atoms with van der Waals surface area (Å²) in [5.41, 5.74) is 2.67. The van der Waals surface area contributed by atoms with Crippen LogP contribution < -0.4 is 5.32 Å². The molecule has 1 unspecified atom stereocenters. The number of halogens is 1. The van der Waals surface area contributed by atoms with Crippen LogP contribution in [0.15, 0.2) is 18.2 Å². The summed E-state index contributed by atoms with van der Waals surface area (Å²) in [4.78, 5) is 0. The molecular weight excluding hydrogens is 238 g/mol. The fourth-order valence-corrected chi connectivity index (χ4v) is 2.46. The van der Waals surface area contributed by atoms with Gasteiger partial charge >= 0.3 is 0 Å². The van der Waals surface area contributed by atoms with E-state index in [0.29, 0.717) is 18.4 Å². The average Bonchev–Trinajstić information content (AvgIpc) is 2.94. The van der Waals surface area contributed by atoms with Crippen molar-refractivity contribution in [3.63, 3.8) is 0 Å². The van der Waals surface area contributed by atoms with Crippen molar-refractivity contribution >= 4 is 11.6 Å². The lowest BCUT2D eigenvalue weighted by molar-refractivity contribution is 0.519. The van der Waals surface area contributed by atoms with Crippen LogP contribution in [0.4, 0.5) is 0 Å². The van der Waals surface area contributed by atoms with Crippen molar-refractivity contribution < 1.29 is 0 Å². The first-order valence-electron chi connectivity index (χ1n) is 5.57. The number of hydrogen-bond acceptors (Lipinski definition) is 4. The molecule has 17 heavy (non-hydrogen) atoms. The number of fused-ring (bicyclic) bond motifs is 1. The molecule has 0 saturated heterocycles. The molecule has 2 aromatic rings. The molecule has 0 amide bonds. The normalized spacial score (nSPS) is 18.3. The van der Waals surface area contributed by atoms with Crippen LogP contribution in [-0.2, 0) is 13.0 Å². The maximum Gasteiger partial charge on any atom is 0.188 e. The average molecular weight is 250 g/mol. The van der Waals surface area contributed by atoms with Crippen LogP contribution in [0, 0.1) is 0 Å². The van der Waals surface area contributed by atoms with E-state index in [9.17, 15) is 0 Å². The van der Waals surface area contributed by atoms with Crippen molar-refractivity contribution in [2.24, 2.45) is 0 Å². The second-order valence-electron chi connectivity index (χ2n) is 4.14. The molecule has 0 fully saturated rings. The van der Waals surface area contributed by atoms with Gasteiger partial charge in [0.25, 0.3) is 0 Å². The maximum atomic E-state index is 5.98. The van der Waals surface area contributed by atoms with Crippen LogP contribution in [0.5, 0.6) is 0 Å².